The molecule has 7 nitrogen and oxygen atoms in total. The quantitative estimate of drug-likeness (QED) is 0.737. The van der Waals surface area contributed by atoms with Crippen molar-refractivity contribution in [1.82, 2.24) is 14.7 Å². The first-order chi connectivity index (χ1) is 12.1. The number of aromatic nitrogens is 2. The van der Waals surface area contributed by atoms with Crippen LogP contribution in [0, 0.1) is 6.92 Å². The van der Waals surface area contributed by atoms with E-state index in [1.54, 1.807) is 28.8 Å². The summed E-state index contributed by atoms with van der Waals surface area (Å²) in [5.41, 5.74) is 1.72. The number of carbonyl (C=O) groups is 1. The summed E-state index contributed by atoms with van der Waals surface area (Å²) in [4.78, 5) is 16.2. The van der Waals surface area contributed by atoms with E-state index in [4.69, 9.17) is 5.14 Å². The van der Waals surface area contributed by atoms with E-state index >= 15 is 0 Å². The van der Waals surface area contributed by atoms with Gasteiger partial charge in [-0.05, 0) is 37.6 Å². The fourth-order valence-corrected chi connectivity index (χ4v) is 4.44. The van der Waals surface area contributed by atoms with Gasteiger partial charge in [-0.1, -0.05) is 12.1 Å². The van der Waals surface area contributed by atoms with Gasteiger partial charge in [0.25, 0.3) is 5.91 Å². The monoisotopic (exact) mass is 392 g/mol. The highest BCUT2D eigenvalue weighted by Crippen LogP contribution is 2.30. The Bertz CT molecular complexity index is 1050. The molecule has 0 saturated heterocycles. The Morgan fingerprint density at radius 2 is 1.92 bits per heavy atom. The molecule has 0 aliphatic carbocycles. The van der Waals surface area contributed by atoms with Crippen molar-refractivity contribution >= 4 is 37.5 Å². The standard InChI is InChI=1S/C17H20N4O3S2/c1-10-14-9-15(25-17(14)21(4)19-10)16(22)20(3)11(2)12-5-7-13(8-6-12)26(18,23)24/h5-9,11H,1-4H3,(H2,18,23,24). The lowest BCUT2D eigenvalue weighted by Crippen LogP contribution is -2.29. The summed E-state index contributed by atoms with van der Waals surface area (Å²) in [7, 11) is -0.136. The Labute approximate surface area is 156 Å². The Morgan fingerprint density at radius 3 is 2.46 bits per heavy atom. The lowest BCUT2D eigenvalue weighted by molar-refractivity contribution is 0.0747. The van der Waals surface area contributed by atoms with E-state index in [1.165, 1.54) is 23.5 Å². The van der Waals surface area contributed by atoms with Gasteiger partial charge in [0.05, 0.1) is 21.5 Å². The number of fused-ring (bicyclic) bond motifs is 1. The normalized spacial score (nSPS) is 13.1. The maximum atomic E-state index is 12.9. The molecular weight excluding hydrogens is 372 g/mol. The Balaban J connectivity index is 1.85. The number of benzene rings is 1. The lowest BCUT2D eigenvalue weighted by Gasteiger charge is -2.25. The number of amides is 1. The van der Waals surface area contributed by atoms with Crippen LogP contribution in [0.5, 0.6) is 0 Å². The first-order valence-corrected chi connectivity index (χ1v) is 10.3. The molecule has 0 saturated carbocycles. The molecule has 0 aliphatic heterocycles. The van der Waals surface area contributed by atoms with E-state index in [0.717, 1.165) is 21.5 Å². The van der Waals surface area contributed by atoms with Crippen molar-refractivity contribution in [2.45, 2.75) is 24.8 Å². The van der Waals surface area contributed by atoms with E-state index in [0.29, 0.717) is 4.88 Å². The highest BCUT2D eigenvalue weighted by atomic mass is 32.2. The minimum Gasteiger partial charge on any atom is -0.334 e. The fraction of sp³-hybridized carbons (Fsp3) is 0.294. The third kappa shape index (κ3) is 3.25. The van der Waals surface area contributed by atoms with Gasteiger partial charge in [0.15, 0.2) is 0 Å². The number of primary sulfonamides is 1. The number of hydrogen-bond acceptors (Lipinski definition) is 5. The molecule has 1 atom stereocenters. The molecule has 9 heteroatoms. The third-order valence-electron chi connectivity index (χ3n) is 4.50. The molecule has 3 aromatic rings. The number of sulfonamides is 1. The molecule has 138 valence electrons. The zero-order valence-electron chi connectivity index (χ0n) is 14.9. The number of nitrogens with zero attached hydrogens (tertiary/aromatic N) is 3. The molecule has 0 fully saturated rings. The summed E-state index contributed by atoms with van der Waals surface area (Å²) in [5.74, 6) is -0.0892. The zero-order valence-corrected chi connectivity index (χ0v) is 16.6. The Morgan fingerprint density at radius 1 is 1.31 bits per heavy atom. The van der Waals surface area contributed by atoms with Gasteiger partial charge in [-0.25, -0.2) is 13.6 Å². The number of hydrogen-bond donors (Lipinski definition) is 1. The summed E-state index contributed by atoms with van der Waals surface area (Å²) in [5, 5.41) is 10.5. The second-order valence-corrected chi connectivity index (χ2v) is 8.84. The lowest BCUT2D eigenvalue weighted by atomic mass is 10.1. The van der Waals surface area contributed by atoms with Crippen LogP contribution in [0.15, 0.2) is 35.2 Å². The number of carbonyl (C=O) groups excluding carboxylic acids is 1. The maximum Gasteiger partial charge on any atom is 0.264 e. The molecular formula is C17H20N4O3S2. The van der Waals surface area contributed by atoms with Gasteiger partial charge in [0.1, 0.15) is 4.83 Å². The van der Waals surface area contributed by atoms with Crippen LogP contribution < -0.4 is 5.14 Å². The maximum absolute atomic E-state index is 12.9. The molecule has 2 heterocycles. The van der Waals surface area contributed by atoms with Crippen LogP contribution >= 0.6 is 11.3 Å². The SMILES string of the molecule is Cc1nn(C)c2sc(C(=O)N(C)C(C)c3ccc(S(N)(=O)=O)cc3)cc12. The summed E-state index contributed by atoms with van der Waals surface area (Å²) in [6.45, 7) is 3.81. The van der Waals surface area contributed by atoms with E-state index in [9.17, 15) is 13.2 Å². The predicted molar refractivity (Wildman–Crippen MR) is 102 cm³/mol. The number of aryl methyl sites for hydroxylation is 2. The summed E-state index contributed by atoms with van der Waals surface area (Å²) in [6.07, 6.45) is 0. The minimum atomic E-state index is -3.73. The van der Waals surface area contributed by atoms with Crippen LogP contribution in [0.2, 0.25) is 0 Å². The fourth-order valence-electron chi connectivity index (χ4n) is 2.82. The first kappa shape index (κ1) is 18.6. The second kappa shape index (κ2) is 6.49. The van der Waals surface area contributed by atoms with Crippen molar-refractivity contribution in [3.05, 3.63) is 46.5 Å². The van der Waals surface area contributed by atoms with Crippen molar-refractivity contribution < 1.29 is 13.2 Å². The van der Waals surface area contributed by atoms with Crippen LogP contribution in [-0.4, -0.2) is 36.1 Å². The largest absolute Gasteiger partial charge is 0.334 e. The van der Waals surface area contributed by atoms with Gasteiger partial charge in [0.2, 0.25) is 10.0 Å². The highest BCUT2D eigenvalue weighted by molar-refractivity contribution is 7.89. The third-order valence-corrected chi connectivity index (χ3v) is 6.62. The van der Waals surface area contributed by atoms with Gasteiger partial charge in [-0.2, -0.15) is 5.10 Å². The van der Waals surface area contributed by atoms with Crippen molar-refractivity contribution in [2.75, 3.05) is 7.05 Å². The average molecular weight is 393 g/mol. The van der Waals surface area contributed by atoms with Crippen LogP contribution in [0.4, 0.5) is 0 Å². The van der Waals surface area contributed by atoms with Crippen LogP contribution in [0.25, 0.3) is 10.2 Å². The van der Waals surface area contributed by atoms with E-state index in [1.807, 2.05) is 27.0 Å². The number of thiophene rings is 1. The zero-order chi connectivity index (χ0) is 19.2. The minimum absolute atomic E-state index is 0.0508. The molecule has 0 aliphatic rings. The second-order valence-electron chi connectivity index (χ2n) is 6.24. The predicted octanol–water partition coefficient (Wildman–Crippen LogP) is 2.42. The first-order valence-electron chi connectivity index (χ1n) is 7.92. The van der Waals surface area contributed by atoms with Crippen molar-refractivity contribution in [3.63, 3.8) is 0 Å². The van der Waals surface area contributed by atoms with Crippen LogP contribution in [-0.2, 0) is 17.1 Å². The molecule has 2 N–H and O–H groups in total. The molecule has 0 bridgehead atoms. The van der Waals surface area contributed by atoms with Crippen molar-refractivity contribution in [3.8, 4) is 0 Å². The molecule has 0 radical (unpaired) electrons. The van der Waals surface area contributed by atoms with Crippen molar-refractivity contribution in [2.24, 2.45) is 12.2 Å². The van der Waals surface area contributed by atoms with Gasteiger partial charge < -0.3 is 4.90 Å². The Kier molecular flexibility index (Phi) is 4.63. The van der Waals surface area contributed by atoms with Gasteiger partial charge in [-0.15, -0.1) is 11.3 Å². The van der Waals surface area contributed by atoms with Gasteiger partial charge in [-0.3, -0.25) is 9.48 Å². The topological polar surface area (TPSA) is 98.3 Å². The highest BCUT2D eigenvalue weighted by Gasteiger charge is 2.22. The van der Waals surface area contributed by atoms with E-state index in [2.05, 4.69) is 5.10 Å². The van der Waals surface area contributed by atoms with Gasteiger partial charge >= 0.3 is 0 Å². The van der Waals surface area contributed by atoms with E-state index < -0.39 is 10.0 Å². The number of rotatable bonds is 4. The van der Waals surface area contributed by atoms with Crippen LogP contribution in [0.3, 0.4) is 0 Å². The smallest absolute Gasteiger partial charge is 0.264 e. The van der Waals surface area contributed by atoms with E-state index in [-0.39, 0.29) is 16.8 Å². The molecule has 1 aromatic carbocycles. The molecule has 1 unspecified atom stereocenters. The van der Waals surface area contributed by atoms with Crippen LogP contribution in [0.1, 0.15) is 33.9 Å². The molecule has 2 aromatic heterocycles. The molecule has 3 rings (SSSR count). The average Bonchev–Trinajstić information content (AvgIpc) is 3.14. The number of nitrogens with two attached hydrogens (primary N) is 1. The summed E-state index contributed by atoms with van der Waals surface area (Å²) in [6, 6.07) is 7.90. The van der Waals surface area contributed by atoms with Gasteiger partial charge in [0, 0.05) is 19.5 Å². The summed E-state index contributed by atoms with van der Waals surface area (Å²) < 4.78 is 24.5. The molecule has 26 heavy (non-hydrogen) atoms. The van der Waals surface area contributed by atoms with Crippen molar-refractivity contribution in [1.29, 1.82) is 0 Å². The Hall–Kier alpha value is -2.23. The molecule has 1 amide bonds. The summed E-state index contributed by atoms with van der Waals surface area (Å²) >= 11 is 1.41. The molecule has 0 spiro atoms.